The maximum atomic E-state index is 6.25. The first-order chi connectivity index (χ1) is 32.0. The van der Waals surface area contributed by atoms with E-state index in [2.05, 4.69) is 215 Å². The van der Waals surface area contributed by atoms with Crippen LogP contribution in [0.1, 0.15) is 30.9 Å². The number of hydrogen-bond donors (Lipinski definition) is 0. The highest BCUT2D eigenvalue weighted by molar-refractivity contribution is 6.10. The minimum Gasteiger partial charge on any atom is -0.452 e. The second-order valence-electron chi connectivity index (χ2n) is 18.0. The van der Waals surface area contributed by atoms with Gasteiger partial charge in [-0.05, 0) is 106 Å². The average molecular weight is 837 g/mol. The van der Waals surface area contributed by atoms with Crippen molar-refractivity contribution in [3.63, 3.8) is 0 Å². The zero-order valence-corrected chi connectivity index (χ0v) is 36.1. The number of nitrogens with zero attached hydrogens (tertiary/aromatic N) is 4. The van der Waals surface area contributed by atoms with Crippen molar-refractivity contribution in [1.82, 2.24) is 14.5 Å². The van der Waals surface area contributed by atoms with Crippen LogP contribution in [0.15, 0.2) is 217 Å². The molecule has 5 heteroatoms. The monoisotopic (exact) mass is 836 g/mol. The molecule has 13 rings (SSSR count). The van der Waals surface area contributed by atoms with Crippen LogP contribution < -0.4 is 4.90 Å². The normalized spacial score (nSPS) is 19.0. The molecule has 4 heterocycles. The maximum absolute atomic E-state index is 6.25. The number of fused-ring (bicyclic) bond motifs is 9. The van der Waals surface area contributed by atoms with E-state index < -0.39 is 0 Å². The van der Waals surface area contributed by atoms with Crippen LogP contribution in [0.25, 0.3) is 83.1 Å². The third-order valence-electron chi connectivity index (χ3n) is 14.7. The largest absolute Gasteiger partial charge is 0.452 e. The predicted octanol–water partition coefficient (Wildman–Crippen LogP) is 15.2. The molecule has 5 nitrogen and oxygen atoms in total. The highest BCUT2D eigenvalue weighted by Crippen LogP contribution is 2.58. The molecule has 0 saturated heterocycles. The summed E-state index contributed by atoms with van der Waals surface area (Å²) in [5.74, 6) is 0.580. The molecule has 0 radical (unpaired) electrons. The number of rotatable bonds is 6. The van der Waals surface area contributed by atoms with E-state index >= 15 is 0 Å². The van der Waals surface area contributed by atoms with Gasteiger partial charge >= 0.3 is 0 Å². The Kier molecular flexibility index (Phi) is 8.38. The Morgan fingerprint density at radius 1 is 0.523 bits per heavy atom. The van der Waals surface area contributed by atoms with E-state index in [1.807, 2.05) is 24.3 Å². The first-order valence-corrected chi connectivity index (χ1v) is 22.6. The molecule has 0 saturated carbocycles. The second-order valence-corrected chi connectivity index (χ2v) is 18.0. The number of para-hydroxylation sites is 4. The van der Waals surface area contributed by atoms with Gasteiger partial charge in [-0.25, -0.2) is 9.97 Å². The lowest BCUT2D eigenvalue weighted by molar-refractivity contribution is 0.264. The first-order valence-electron chi connectivity index (χ1n) is 22.6. The van der Waals surface area contributed by atoms with Crippen molar-refractivity contribution in [2.24, 2.45) is 5.92 Å². The van der Waals surface area contributed by atoms with Gasteiger partial charge in [-0.3, -0.25) is 0 Å². The summed E-state index contributed by atoms with van der Waals surface area (Å²) < 4.78 is 8.65. The molecule has 11 aromatic rings. The van der Waals surface area contributed by atoms with Crippen molar-refractivity contribution in [3.8, 4) is 39.2 Å². The minimum atomic E-state index is -0.132. The van der Waals surface area contributed by atoms with Gasteiger partial charge in [0.1, 0.15) is 23.1 Å². The number of furan rings is 1. The SMILES string of the molecule is CC1C(c2ccc3c(c2)c2ccccc2n3-c2ccccc2)C=CC2N(c3cccc(-c4cccc(-c5ccc(-c6ncnc7c6oc6ccccc67)cc5)c4)c3)c3ccccc3C12C. The summed E-state index contributed by atoms with van der Waals surface area (Å²) >= 11 is 0. The minimum absolute atomic E-state index is 0.132. The number of anilines is 2. The van der Waals surface area contributed by atoms with Crippen LogP contribution in [0.2, 0.25) is 0 Å². The van der Waals surface area contributed by atoms with Gasteiger partial charge in [0.05, 0.1) is 17.1 Å². The molecule has 4 atom stereocenters. The van der Waals surface area contributed by atoms with Gasteiger partial charge in [0, 0.05) is 50.1 Å². The van der Waals surface area contributed by atoms with Crippen molar-refractivity contribution in [3.05, 3.63) is 224 Å². The topological polar surface area (TPSA) is 47.1 Å². The lowest BCUT2D eigenvalue weighted by atomic mass is 9.60. The first kappa shape index (κ1) is 37.5. The molecule has 1 aliphatic heterocycles. The Balaban J connectivity index is 0.831. The number of aromatic nitrogens is 3. The molecular weight excluding hydrogens is 793 g/mol. The summed E-state index contributed by atoms with van der Waals surface area (Å²) in [5, 5.41) is 3.58. The van der Waals surface area contributed by atoms with Crippen LogP contribution in [-0.4, -0.2) is 20.6 Å². The highest BCUT2D eigenvalue weighted by Gasteiger charge is 2.53. The number of hydrogen-bond acceptors (Lipinski definition) is 4. The summed E-state index contributed by atoms with van der Waals surface area (Å²) in [6.45, 7) is 4.97. The number of allylic oxidation sites excluding steroid dienone is 1. The Morgan fingerprint density at radius 2 is 1.20 bits per heavy atom. The molecule has 65 heavy (non-hydrogen) atoms. The van der Waals surface area contributed by atoms with E-state index in [0.29, 0.717) is 11.5 Å². The Hall–Kier alpha value is -8.02. The summed E-state index contributed by atoms with van der Waals surface area (Å²) in [6, 6.07) is 70.6. The molecule has 310 valence electrons. The van der Waals surface area contributed by atoms with Crippen molar-refractivity contribution in [1.29, 1.82) is 0 Å². The zero-order valence-electron chi connectivity index (χ0n) is 36.1. The lowest BCUT2D eigenvalue weighted by Gasteiger charge is -2.45. The molecule has 8 aromatic carbocycles. The van der Waals surface area contributed by atoms with E-state index in [1.165, 1.54) is 61.1 Å². The lowest BCUT2D eigenvalue weighted by Crippen LogP contribution is -2.48. The van der Waals surface area contributed by atoms with Gasteiger partial charge in [0.15, 0.2) is 5.58 Å². The van der Waals surface area contributed by atoms with E-state index in [1.54, 1.807) is 6.33 Å². The van der Waals surface area contributed by atoms with Crippen molar-refractivity contribution in [2.45, 2.75) is 31.2 Å². The second kappa shape index (κ2) is 14.5. The van der Waals surface area contributed by atoms with Crippen molar-refractivity contribution >= 4 is 55.2 Å². The molecule has 0 bridgehead atoms. The van der Waals surface area contributed by atoms with Gasteiger partial charge in [-0.2, -0.15) is 0 Å². The van der Waals surface area contributed by atoms with Crippen LogP contribution in [0.5, 0.6) is 0 Å². The van der Waals surface area contributed by atoms with E-state index in [4.69, 9.17) is 4.42 Å². The fraction of sp³-hybridized carbons (Fsp3) is 0.100. The summed E-state index contributed by atoms with van der Waals surface area (Å²) in [5.41, 5.74) is 17.6. The van der Waals surface area contributed by atoms with E-state index in [9.17, 15) is 0 Å². The van der Waals surface area contributed by atoms with Crippen LogP contribution in [0, 0.1) is 5.92 Å². The third kappa shape index (κ3) is 5.71. The van der Waals surface area contributed by atoms with Gasteiger partial charge < -0.3 is 13.9 Å². The van der Waals surface area contributed by atoms with E-state index in [-0.39, 0.29) is 17.4 Å². The van der Waals surface area contributed by atoms with Gasteiger partial charge in [-0.1, -0.05) is 153 Å². The van der Waals surface area contributed by atoms with Gasteiger partial charge in [-0.15, -0.1) is 0 Å². The van der Waals surface area contributed by atoms with Crippen LogP contribution in [0.4, 0.5) is 11.4 Å². The van der Waals surface area contributed by atoms with Crippen LogP contribution >= 0.6 is 0 Å². The molecule has 0 N–H and O–H groups in total. The molecular formula is C60H44N4O. The van der Waals surface area contributed by atoms with E-state index in [0.717, 1.165) is 38.9 Å². The zero-order chi connectivity index (χ0) is 43.2. The average Bonchev–Trinajstić information content (AvgIpc) is 4.01. The fourth-order valence-electron chi connectivity index (χ4n) is 11.3. The third-order valence-corrected chi connectivity index (χ3v) is 14.7. The molecule has 0 fully saturated rings. The Labute approximate surface area is 377 Å². The van der Waals surface area contributed by atoms with Crippen molar-refractivity contribution in [2.75, 3.05) is 4.90 Å². The maximum Gasteiger partial charge on any atom is 0.180 e. The van der Waals surface area contributed by atoms with Gasteiger partial charge in [0.25, 0.3) is 0 Å². The molecule has 2 aliphatic rings. The quantitative estimate of drug-likeness (QED) is 0.157. The molecule has 4 unspecified atom stereocenters. The molecule has 3 aromatic heterocycles. The van der Waals surface area contributed by atoms with Crippen LogP contribution in [-0.2, 0) is 5.41 Å². The molecule has 0 amide bonds. The predicted molar refractivity (Wildman–Crippen MR) is 267 cm³/mol. The molecule has 1 aliphatic carbocycles. The van der Waals surface area contributed by atoms with Crippen molar-refractivity contribution < 1.29 is 4.42 Å². The van der Waals surface area contributed by atoms with Crippen LogP contribution in [0.3, 0.4) is 0 Å². The smallest absolute Gasteiger partial charge is 0.180 e. The number of benzene rings is 8. The Bertz CT molecular complexity index is 3680. The summed E-state index contributed by atoms with van der Waals surface area (Å²) in [4.78, 5) is 11.8. The standard InChI is InChI=1S/C60H44N4O/c1-38-47(44-30-32-53-50(36-44)48-20-6-9-23-52(48)63(53)45-17-4-3-5-18-45)31-33-56-60(38,2)51-22-8-10-24-54(51)64(56)46-19-13-16-43(35-46)42-15-12-14-41(34-42)39-26-28-40(29-27-39)57-59-58(62-37-61-57)49-21-7-11-25-55(49)65-59/h3-38,47,56H,1-2H3. The van der Waals surface area contributed by atoms with Gasteiger partial charge in [0.2, 0.25) is 0 Å². The summed E-state index contributed by atoms with van der Waals surface area (Å²) in [7, 11) is 0. The molecule has 0 spiro atoms. The summed E-state index contributed by atoms with van der Waals surface area (Å²) in [6.07, 6.45) is 6.62. The fourth-order valence-corrected chi connectivity index (χ4v) is 11.3. The highest BCUT2D eigenvalue weighted by atomic mass is 16.3. The Morgan fingerprint density at radius 3 is 2.06 bits per heavy atom.